The van der Waals surface area contributed by atoms with Crippen LogP contribution >= 0.6 is 0 Å². The number of aromatic nitrogens is 1. The molecule has 0 fully saturated rings. The zero-order chi connectivity index (χ0) is 74.3. The Kier molecular flexibility index (Phi) is 16.9. The summed E-state index contributed by atoms with van der Waals surface area (Å²) in [5, 5.41) is 12.8. The molecule has 1 aromatic heterocycles. The molecule has 0 radical (unpaired) electrons. The second-order valence-electron chi connectivity index (χ2n) is 31.9. The van der Waals surface area contributed by atoms with Crippen LogP contribution in [0.15, 0.2) is 394 Å². The lowest BCUT2D eigenvalue weighted by Crippen LogP contribution is -2.75. The van der Waals surface area contributed by atoms with Crippen LogP contribution in [0.25, 0.3) is 72.0 Å². The number of nitrogens with zero attached hydrogens (tertiary/aromatic N) is 2. The number of benzene rings is 16. The fourth-order valence-electron chi connectivity index (χ4n) is 18.1. The molecular weight excluding hydrogens is 1360 g/mol. The third-order valence-electron chi connectivity index (χ3n) is 23.4. The molecule has 0 unspecified atom stereocenters. The Labute approximate surface area is 648 Å². The number of rotatable bonds is 14. The Bertz CT molecular complexity index is 6170. The van der Waals surface area contributed by atoms with Crippen molar-refractivity contribution in [3.63, 3.8) is 0 Å². The van der Waals surface area contributed by atoms with Gasteiger partial charge in [0.05, 0.1) is 22.4 Å². The van der Waals surface area contributed by atoms with Crippen molar-refractivity contribution >= 4 is 120 Å². The molecule has 0 atom stereocenters. The van der Waals surface area contributed by atoms with E-state index in [1.54, 1.807) is 0 Å². The second-order valence-corrected chi connectivity index (χ2v) is 39.5. The third-order valence-corrected chi connectivity index (χ3v) is 32.9. The normalized spacial score (nSPS) is 12.7. The van der Waals surface area contributed by atoms with Gasteiger partial charge < -0.3 is 14.2 Å². The molecule has 0 saturated carbocycles. The molecule has 0 bridgehead atoms. The highest BCUT2D eigenvalue weighted by Gasteiger charge is 2.49. The van der Waals surface area contributed by atoms with Crippen LogP contribution in [0.5, 0.6) is 11.5 Å². The van der Waals surface area contributed by atoms with E-state index in [0.29, 0.717) is 0 Å². The first-order valence-electron chi connectivity index (χ1n) is 38.6. The molecule has 0 saturated heterocycles. The third kappa shape index (κ3) is 11.5. The molecule has 110 heavy (non-hydrogen) atoms. The van der Waals surface area contributed by atoms with Gasteiger partial charge in [-0.15, -0.1) is 0 Å². The standard InChI is InChI=1S/C104H83BN2OSi2/c1-103(2,3)79-54-60-96-91(66-79)92-67-80(104(4,5)6)55-61-97(92)106(96)81-68-99-102-101(69-81)108-100-71-89(110(84-47-27-13-28-48-84,85-49-29-14-30-50-85)87-52-32-42-77(64-87)73-35-17-8-18-36-73)56-58-93(100)105(102)94-70-88(57-62-98(94)107(99)95-59-53-78(74-37-19-9-20-38-74)65-90(95)75-39-21-10-22-40-75)109(82-43-23-11-24-44-82,83-45-25-12-26-46-83)86-51-31-41-76(63-86)72-33-15-7-16-34-72/h7-71H,1-6H3. The van der Waals surface area contributed by atoms with Crippen LogP contribution in [-0.4, -0.2) is 27.4 Å². The maximum absolute atomic E-state index is 8.19. The minimum absolute atomic E-state index is 0.0850. The van der Waals surface area contributed by atoms with Crippen LogP contribution in [0.4, 0.5) is 17.1 Å². The largest absolute Gasteiger partial charge is 0.458 e. The van der Waals surface area contributed by atoms with Crippen LogP contribution in [0.3, 0.4) is 0 Å². The van der Waals surface area contributed by atoms with Crippen molar-refractivity contribution in [1.82, 2.24) is 4.57 Å². The summed E-state index contributed by atoms with van der Waals surface area (Å²) in [6.07, 6.45) is 0. The van der Waals surface area contributed by atoms with Gasteiger partial charge in [0.1, 0.15) is 11.5 Å². The fourth-order valence-corrected chi connectivity index (χ4v) is 27.7. The average Bonchev–Trinajstić information content (AvgIpc) is 0.767. The van der Waals surface area contributed by atoms with Gasteiger partial charge in [0.15, 0.2) is 16.1 Å². The molecule has 526 valence electrons. The first-order valence-corrected chi connectivity index (χ1v) is 42.6. The number of anilines is 3. The summed E-state index contributed by atoms with van der Waals surface area (Å²) in [5.74, 6) is 1.68. The van der Waals surface area contributed by atoms with Crippen molar-refractivity contribution in [2.45, 2.75) is 52.4 Å². The Balaban J connectivity index is 0.946. The molecule has 3 heterocycles. The van der Waals surface area contributed by atoms with Gasteiger partial charge in [0.25, 0.3) is 6.71 Å². The van der Waals surface area contributed by atoms with E-state index >= 15 is 0 Å². The predicted octanol–water partition coefficient (Wildman–Crippen LogP) is 19.2. The lowest BCUT2D eigenvalue weighted by Gasteiger charge is -2.43. The van der Waals surface area contributed by atoms with E-state index in [1.807, 2.05) is 0 Å². The zero-order valence-electron chi connectivity index (χ0n) is 62.9. The monoisotopic (exact) mass is 1440 g/mol. The lowest BCUT2D eigenvalue weighted by molar-refractivity contribution is 0.487. The zero-order valence-corrected chi connectivity index (χ0v) is 64.9. The van der Waals surface area contributed by atoms with Crippen molar-refractivity contribution in [3.05, 3.63) is 405 Å². The van der Waals surface area contributed by atoms with Gasteiger partial charge in [0.2, 0.25) is 0 Å². The van der Waals surface area contributed by atoms with Crippen LogP contribution in [-0.2, 0) is 10.8 Å². The van der Waals surface area contributed by atoms with Gasteiger partial charge in [-0.1, -0.05) is 375 Å². The summed E-state index contributed by atoms with van der Waals surface area (Å²) in [4.78, 5) is 2.62. The van der Waals surface area contributed by atoms with Gasteiger partial charge in [-0.2, -0.15) is 0 Å². The Morgan fingerprint density at radius 2 is 0.645 bits per heavy atom. The number of hydrogen-bond acceptors (Lipinski definition) is 2. The summed E-state index contributed by atoms with van der Waals surface area (Å²) >= 11 is 0. The molecule has 0 aliphatic carbocycles. The van der Waals surface area contributed by atoms with E-state index in [9.17, 15) is 0 Å². The second kappa shape index (κ2) is 27.3. The molecule has 6 heteroatoms. The van der Waals surface area contributed by atoms with Crippen LogP contribution in [0.2, 0.25) is 0 Å². The topological polar surface area (TPSA) is 17.4 Å². The number of hydrogen-bond donors (Lipinski definition) is 0. The molecular formula is C104H83BN2OSi2. The summed E-state index contributed by atoms with van der Waals surface area (Å²) in [7, 11) is -6.56. The molecule has 2 aliphatic rings. The smallest absolute Gasteiger partial charge is 0.256 e. The highest BCUT2D eigenvalue weighted by atomic mass is 28.3. The quantitative estimate of drug-likeness (QED) is 0.0797. The summed E-state index contributed by atoms with van der Waals surface area (Å²) in [5.41, 5.74) is 21.7. The van der Waals surface area contributed by atoms with Crippen molar-refractivity contribution < 1.29 is 4.74 Å². The van der Waals surface area contributed by atoms with E-state index in [1.165, 1.54) is 91.1 Å². The first kappa shape index (κ1) is 68.0. The summed E-state index contributed by atoms with van der Waals surface area (Å²) in [6.45, 7) is 13.6. The van der Waals surface area contributed by atoms with E-state index < -0.39 is 16.1 Å². The van der Waals surface area contributed by atoms with Crippen molar-refractivity contribution in [2.75, 3.05) is 4.90 Å². The van der Waals surface area contributed by atoms with E-state index in [0.717, 1.165) is 78.5 Å². The molecule has 2 aliphatic heterocycles. The van der Waals surface area contributed by atoms with Crippen LogP contribution in [0, 0.1) is 0 Å². The summed E-state index contributed by atoms with van der Waals surface area (Å²) in [6, 6.07) is 150. The first-order chi connectivity index (χ1) is 53.8. The van der Waals surface area contributed by atoms with Gasteiger partial charge in [-0.25, -0.2) is 0 Å². The average molecular weight is 1440 g/mol. The van der Waals surface area contributed by atoms with E-state index in [2.05, 4.69) is 445 Å². The molecule has 3 nitrogen and oxygen atoms in total. The molecule has 17 aromatic rings. The number of fused-ring (bicyclic) bond motifs is 7. The number of ether oxygens (including phenoxy) is 1. The van der Waals surface area contributed by atoms with Crippen molar-refractivity contribution in [1.29, 1.82) is 0 Å². The van der Waals surface area contributed by atoms with Gasteiger partial charge in [0, 0.05) is 33.8 Å². The van der Waals surface area contributed by atoms with Crippen molar-refractivity contribution in [2.24, 2.45) is 0 Å². The Morgan fingerprint density at radius 1 is 0.264 bits per heavy atom. The van der Waals surface area contributed by atoms with Gasteiger partial charge >= 0.3 is 0 Å². The maximum atomic E-state index is 8.19. The molecule has 19 rings (SSSR count). The predicted molar refractivity (Wildman–Crippen MR) is 473 cm³/mol. The van der Waals surface area contributed by atoms with E-state index in [4.69, 9.17) is 4.74 Å². The Hall–Kier alpha value is -12.6. The fraction of sp³-hybridized carbons (Fsp3) is 0.0769. The van der Waals surface area contributed by atoms with Crippen LogP contribution in [0.1, 0.15) is 52.7 Å². The van der Waals surface area contributed by atoms with Gasteiger partial charge in [-0.3, -0.25) is 0 Å². The van der Waals surface area contributed by atoms with E-state index in [-0.39, 0.29) is 17.5 Å². The maximum Gasteiger partial charge on any atom is 0.256 e. The van der Waals surface area contributed by atoms with Crippen molar-refractivity contribution in [3.8, 4) is 61.7 Å². The molecule has 0 N–H and O–H groups in total. The minimum atomic E-state index is -3.31. The summed E-state index contributed by atoms with van der Waals surface area (Å²) < 4.78 is 10.7. The highest BCUT2D eigenvalue weighted by molar-refractivity contribution is 7.21. The lowest BCUT2D eigenvalue weighted by atomic mass is 9.34. The molecule has 0 spiro atoms. The molecule has 16 aromatic carbocycles. The minimum Gasteiger partial charge on any atom is -0.458 e. The van der Waals surface area contributed by atoms with Crippen LogP contribution < -0.4 is 67.5 Å². The molecule has 0 amide bonds. The SMILES string of the molecule is CC(C)(C)c1ccc2c(c1)c1cc(C(C)(C)C)ccc1n2-c1cc2c3c(c1)N(c1ccc(-c4ccccc4)cc1-c1ccccc1)c1ccc([Si](c4ccccc4)(c4ccccc4)c4cccc(-c5ccccc5)c4)cc1B3c1ccc([Si](c3ccccc3)(c3ccccc3)c3cccc(-c4ccccc4)c3)cc1O2. The van der Waals surface area contributed by atoms with Gasteiger partial charge in [-0.05, 0) is 173 Å². The Morgan fingerprint density at radius 3 is 1.10 bits per heavy atom. The highest BCUT2D eigenvalue weighted by Crippen LogP contribution is 2.48.